The zero-order chi connectivity index (χ0) is 17.8. The maximum absolute atomic E-state index is 12.6. The Bertz CT molecular complexity index is 749. The molecular weight excluding hydrogens is 338 g/mol. The van der Waals surface area contributed by atoms with Crippen LogP contribution in [0.2, 0.25) is 5.02 Å². The smallest absolute Gasteiger partial charge is 0.244 e. The van der Waals surface area contributed by atoms with E-state index in [4.69, 9.17) is 17.3 Å². The summed E-state index contributed by atoms with van der Waals surface area (Å²) in [6.07, 6.45) is 0. The fourth-order valence-electron chi connectivity index (χ4n) is 2.87. The number of nitrogens with zero attached hydrogens (tertiary/aromatic N) is 2. The van der Waals surface area contributed by atoms with Crippen molar-refractivity contribution in [3.8, 4) is 0 Å². The zero-order valence-electron chi connectivity index (χ0n) is 13.8. The molecule has 25 heavy (non-hydrogen) atoms. The molecule has 1 aliphatic heterocycles. The lowest BCUT2D eigenvalue weighted by molar-refractivity contribution is -0.146. The number of nitrogens with two attached hydrogens (primary N) is 1. The molecule has 0 saturated carbocycles. The van der Waals surface area contributed by atoms with Crippen LogP contribution in [0.4, 0.5) is 0 Å². The van der Waals surface area contributed by atoms with Crippen molar-refractivity contribution in [2.45, 2.75) is 12.6 Å². The minimum Gasteiger partial charge on any atom is -0.335 e. The van der Waals surface area contributed by atoms with Gasteiger partial charge >= 0.3 is 0 Å². The number of benzene rings is 2. The van der Waals surface area contributed by atoms with E-state index in [1.165, 1.54) is 0 Å². The summed E-state index contributed by atoms with van der Waals surface area (Å²) in [7, 11) is 0. The van der Waals surface area contributed by atoms with Gasteiger partial charge in [0.05, 0.1) is 6.54 Å². The number of amides is 2. The molecule has 6 heteroatoms. The van der Waals surface area contributed by atoms with E-state index in [0.29, 0.717) is 24.7 Å². The second kappa shape index (κ2) is 7.68. The molecule has 130 valence electrons. The van der Waals surface area contributed by atoms with E-state index in [1.54, 1.807) is 21.9 Å². The molecule has 2 aromatic rings. The Kier molecular flexibility index (Phi) is 5.36. The van der Waals surface area contributed by atoms with Crippen molar-refractivity contribution < 1.29 is 9.59 Å². The summed E-state index contributed by atoms with van der Waals surface area (Å²) < 4.78 is 0. The Morgan fingerprint density at radius 1 is 1.08 bits per heavy atom. The van der Waals surface area contributed by atoms with Crippen LogP contribution in [0.15, 0.2) is 54.6 Å². The van der Waals surface area contributed by atoms with Gasteiger partial charge in [0.1, 0.15) is 6.04 Å². The normalized spacial score (nSPS) is 16.0. The van der Waals surface area contributed by atoms with Crippen LogP contribution in [0, 0.1) is 0 Å². The van der Waals surface area contributed by atoms with Crippen LogP contribution in [-0.2, 0) is 16.1 Å². The summed E-state index contributed by atoms with van der Waals surface area (Å²) in [6.45, 7) is 1.56. The Balaban J connectivity index is 1.60. The highest BCUT2D eigenvalue weighted by Gasteiger charge is 2.30. The summed E-state index contributed by atoms with van der Waals surface area (Å²) in [5.74, 6) is -0.291. The van der Waals surface area contributed by atoms with E-state index in [0.717, 1.165) is 11.1 Å². The van der Waals surface area contributed by atoms with Gasteiger partial charge in [-0.15, -0.1) is 0 Å². The van der Waals surface area contributed by atoms with Crippen LogP contribution in [0.5, 0.6) is 0 Å². The Morgan fingerprint density at radius 2 is 1.76 bits per heavy atom. The van der Waals surface area contributed by atoms with Gasteiger partial charge < -0.3 is 15.5 Å². The third-order valence-electron chi connectivity index (χ3n) is 4.34. The van der Waals surface area contributed by atoms with Crippen molar-refractivity contribution in [1.29, 1.82) is 0 Å². The van der Waals surface area contributed by atoms with Crippen LogP contribution in [0.3, 0.4) is 0 Å². The van der Waals surface area contributed by atoms with E-state index in [9.17, 15) is 9.59 Å². The molecule has 3 rings (SSSR count). The van der Waals surface area contributed by atoms with Crippen molar-refractivity contribution in [1.82, 2.24) is 9.80 Å². The number of hydrogen-bond acceptors (Lipinski definition) is 3. The molecule has 1 aliphatic rings. The van der Waals surface area contributed by atoms with E-state index >= 15 is 0 Å². The molecule has 0 aliphatic carbocycles. The second-order valence-electron chi connectivity index (χ2n) is 6.09. The summed E-state index contributed by atoms with van der Waals surface area (Å²) in [5, 5.41) is 0.667. The number of carbonyl (C=O) groups excluding carboxylic acids is 2. The molecule has 1 atom stereocenters. The van der Waals surface area contributed by atoms with Gasteiger partial charge in [0.2, 0.25) is 11.8 Å². The number of halogens is 1. The lowest BCUT2D eigenvalue weighted by Crippen LogP contribution is -2.53. The van der Waals surface area contributed by atoms with Crippen LogP contribution in [0.1, 0.15) is 17.2 Å². The molecular formula is C19H20ClN3O2. The third kappa shape index (κ3) is 4.18. The fourth-order valence-corrected chi connectivity index (χ4v) is 3.00. The molecule has 1 heterocycles. The predicted octanol–water partition coefficient (Wildman–Crippen LogP) is 2.21. The van der Waals surface area contributed by atoms with Crippen molar-refractivity contribution in [3.63, 3.8) is 0 Å². The highest BCUT2D eigenvalue weighted by molar-refractivity contribution is 6.30. The monoisotopic (exact) mass is 357 g/mol. The van der Waals surface area contributed by atoms with Crippen LogP contribution >= 0.6 is 11.6 Å². The first kappa shape index (κ1) is 17.5. The topological polar surface area (TPSA) is 66.6 Å². The van der Waals surface area contributed by atoms with Gasteiger partial charge in [-0.2, -0.15) is 0 Å². The van der Waals surface area contributed by atoms with Gasteiger partial charge in [-0.05, 0) is 23.3 Å². The van der Waals surface area contributed by atoms with E-state index in [1.807, 2.05) is 42.5 Å². The summed E-state index contributed by atoms with van der Waals surface area (Å²) in [4.78, 5) is 28.3. The number of piperazine rings is 1. The average Bonchev–Trinajstić information content (AvgIpc) is 2.64. The Labute approximate surface area is 152 Å². The quantitative estimate of drug-likeness (QED) is 0.912. The minimum absolute atomic E-state index is 0.0625. The molecule has 1 saturated heterocycles. The van der Waals surface area contributed by atoms with Crippen molar-refractivity contribution in [2.24, 2.45) is 5.73 Å². The van der Waals surface area contributed by atoms with Gasteiger partial charge in [-0.3, -0.25) is 9.59 Å². The van der Waals surface area contributed by atoms with Crippen molar-refractivity contribution >= 4 is 23.4 Å². The zero-order valence-corrected chi connectivity index (χ0v) is 14.5. The summed E-state index contributed by atoms with van der Waals surface area (Å²) in [6, 6.07) is 15.9. The molecule has 1 fully saturated rings. The molecule has 1 unspecified atom stereocenters. The maximum Gasteiger partial charge on any atom is 0.244 e. The minimum atomic E-state index is -0.739. The molecule has 0 radical (unpaired) electrons. The fraction of sp³-hybridized carbons (Fsp3) is 0.263. The van der Waals surface area contributed by atoms with E-state index in [-0.39, 0.29) is 18.4 Å². The first-order valence-electron chi connectivity index (χ1n) is 8.16. The Morgan fingerprint density at radius 3 is 2.40 bits per heavy atom. The second-order valence-corrected chi connectivity index (χ2v) is 6.53. The standard InChI is InChI=1S/C19H20ClN3O2/c20-16-8-6-14(7-9-16)12-22-10-11-23(13-17(22)24)19(25)18(21)15-4-2-1-3-5-15/h1-9,18H,10-13,21H2. The van der Waals surface area contributed by atoms with Crippen molar-refractivity contribution in [3.05, 3.63) is 70.7 Å². The van der Waals surface area contributed by atoms with Gasteiger partial charge in [-0.1, -0.05) is 54.1 Å². The van der Waals surface area contributed by atoms with Gasteiger partial charge in [0, 0.05) is 24.7 Å². The predicted molar refractivity (Wildman–Crippen MR) is 96.8 cm³/mol. The van der Waals surface area contributed by atoms with Gasteiger partial charge in [-0.25, -0.2) is 0 Å². The highest BCUT2D eigenvalue weighted by atomic mass is 35.5. The first-order chi connectivity index (χ1) is 12.0. The molecule has 0 spiro atoms. The summed E-state index contributed by atoms with van der Waals surface area (Å²) in [5.41, 5.74) is 7.82. The third-order valence-corrected chi connectivity index (χ3v) is 4.59. The van der Waals surface area contributed by atoms with Crippen LogP contribution in [0.25, 0.3) is 0 Å². The lowest BCUT2D eigenvalue weighted by Gasteiger charge is -2.35. The lowest BCUT2D eigenvalue weighted by atomic mass is 10.1. The average molecular weight is 358 g/mol. The number of hydrogen-bond donors (Lipinski definition) is 1. The van der Waals surface area contributed by atoms with Crippen LogP contribution < -0.4 is 5.73 Å². The van der Waals surface area contributed by atoms with E-state index in [2.05, 4.69) is 0 Å². The number of carbonyl (C=O) groups is 2. The molecule has 2 aromatic carbocycles. The SMILES string of the molecule is NC(C(=O)N1CCN(Cc2ccc(Cl)cc2)C(=O)C1)c1ccccc1. The highest BCUT2D eigenvalue weighted by Crippen LogP contribution is 2.17. The Hall–Kier alpha value is -2.37. The molecule has 2 amide bonds. The largest absolute Gasteiger partial charge is 0.335 e. The number of rotatable bonds is 4. The van der Waals surface area contributed by atoms with Crippen LogP contribution in [-0.4, -0.2) is 41.2 Å². The van der Waals surface area contributed by atoms with Gasteiger partial charge in [0.15, 0.2) is 0 Å². The maximum atomic E-state index is 12.6. The molecule has 0 bridgehead atoms. The first-order valence-corrected chi connectivity index (χ1v) is 8.54. The van der Waals surface area contributed by atoms with E-state index < -0.39 is 6.04 Å². The molecule has 5 nitrogen and oxygen atoms in total. The van der Waals surface area contributed by atoms with Gasteiger partial charge in [0.25, 0.3) is 0 Å². The molecule has 0 aromatic heterocycles. The molecule has 2 N–H and O–H groups in total. The van der Waals surface area contributed by atoms with Crippen molar-refractivity contribution in [2.75, 3.05) is 19.6 Å². The summed E-state index contributed by atoms with van der Waals surface area (Å²) >= 11 is 5.88.